The van der Waals surface area contributed by atoms with E-state index in [-0.39, 0.29) is 11.1 Å². The van der Waals surface area contributed by atoms with Crippen molar-refractivity contribution in [2.24, 2.45) is 0 Å². The molecule has 2 atom stereocenters. The zero-order valence-corrected chi connectivity index (χ0v) is 19.8. The molecular formula is C25H18BrN3O5. The standard InChI is InChI=1S/C25H18BrN3O5/c1-13-9-10-17(11-14(13)2)27-21(15-5-3-6-16(26)12-15)22(25(27)32)28-23(30)18-7-4-8-19(29(33)34)20(18)24(28)31/h3-12,21-22H,1-2H3. The first-order valence-corrected chi connectivity index (χ1v) is 11.3. The molecule has 0 aromatic heterocycles. The van der Waals surface area contributed by atoms with Crippen LogP contribution in [0, 0.1) is 24.0 Å². The maximum absolute atomic E-state index is 13.5. The van der Waals surface area contributed by atoms with Gasteiger partial charge in [-0.2, -0.15) is 0 Å². The van der Waals surface area contributed by atoms with Crippen LogP contribution in [0.15, 0.2) is 65.1 Å². The van der Waals surface area contributed by atoms with Crippen LogP contribution in [-0.2, 0) is 4.79 Å². The first-order chi connectivity index (χ1) is 16.2. The van der Waals surface area contributed by atoms with Crippen molar-refractivity contribution in [1.82, 2.24) is 4.90 Å². The Labute approximate surface area is 203 Å². The Morgan fingerprint density at radius 2 is 1.59 bits per heavy atom. The smallest absolute Gasteiger partial charge is 0.282 e. The van der Waals surface area contributed by atoms with E-state index in [0.717, 1.165) is 26.1 Å². The number of carbonyl (C=O) groups excluding carboxylic acids is 3. The molecule has 0 spiro atoms. The van der Waals surface area contributed by atoms with Crippen LogP contribution in [0.1, 0.15) is 43.4 Å². The maximum atomic E-state index is 13.5. The Kier molecular flexibility index (Phi) is 5.09. The Morgan fingerprint density at radius 1 is 0.853 bits per heavy atom. The predicted molar refractivity (Wildman–Crippen MR) is 128 cm³/mol. The van der Waals surface area contributed by atoms with E-state index < -0.39 is 40.4 Å². The lowest BCUT2D eigenvalue weighted by molar-refractivity contribution is -0.385. The van der Waals surface area contributed by atoms with Crippen molar-refractivity contribution in [1.29, 1.82) is 0 Å². The maximum Gasteiger partial charge on any atom is 0.282 e. The summed E-state index contributed by atoms with van der Waals surface area (Å²) in [6, 6.07) is 15.1. The lowest BCUT2D eigenvalue weighted by Crippen LogP contribution is -2.67. The van der Waals surface area contributed by atoms with Crippen LogP contribution in [0.2, 0.25) is 0 Å². The van der Waals surface area contributed by atoms with Crippen LogP contribution in [0.3, 0.4) is 0 Å². The number of nitrogens with zero attached hydrogens (tertiary/aromatic N) is 3. The second kappa shape index (κ2) is 7.88. The number of amides is 3. The Morgan fingerprint density at radius 3 is 2.26 bits per heavy atom. The molecular weight excluding hydrogens is 502 g/mol. The second-order valence-electron chi connectivity index (χ2n) is 8.36. The molecule has 5 rings (SSSR count). The van der Waals surface area contributed by atoms with Crippen LogP contribution >= 0.6 is 15.9 Å². The average Bonchev–Trinajstić information content (AvgIpc) is 3.05. The summed E-state index contributed by atoms with van der Waals surface area (Å²) in [7, 11) is 0. The van der Waals surface area contributed by atoms with Crippen molar-refractivity contribution in [3.05, 3.63) is 103 Å². The van der Waals surface area contributed by atoms with Gasteiger partial charge in [-0.05, 0) is 60.9 Å². The third kappa shape index (κ3) is 3.15. The number of carbonyl (C=O) groups is 3. The van der Waals surface area contributed by atoms with Crippen LogP contribution in [0.5, 0.6) is 0 Å². The Bertz CT molecular complexity index is 1420. The first kappa shape index (κ1) is 22.0. The lowest BCUT2D eigenvalue weighted by Gasteiger charge is -2.50. The molecule has 8 nitrogen and oxygen atoms in total. The SMILES string of the molecule is Cc1ccc(N2C(=O)C(N3C(=O)c4cccc([N+](=O)[O-])c4C3=O)C2c2cccc(Br)c2)cc1C. The molecule has 0 saturated carbocycles. The molecule has 0 bridgehead atoms. The third-order valence-electron chi connectivity index (χ3n) is 6.43. The van der Waals surface area contributed by atoms with Gasteiger partial charge < -0.3 is 4.90 Å². The van der Waals surface area contributed by atoms with Gasteiger partial charge in [0.2, 0.25) is 0 Å². The van der Waals surface area contributed by atoms with Gasteiger partial charge in [-0.25, -0.2) is 0 Å². The van der Waals surface area contributed by atoms with Gasteiger partial charge >= 0.3 is 0 Å². The highest BCUT2D eigenvalue weighted by molar-refractivity contribution is 9.10. The van der Waals surface area contributed by atoms with E-state index in [0.29, 0.717) is 5.69 Å². The van der Waals surface area contributed by atoms with Crippen LogP contribution < -0.4 is 4.90 Å². The van der Waals surface area contributed by atoms with Gasteiger partial charge in [0.15, 0.2) is 0 Å². The monoisotopic (exact) mass is 519 g/mol. The second-order valence-corrected chi connectivity index (χ2v) is 9.27. The van der Waals surface area contributed by atoms with Crippen molar-refractivity contribution in [2.75, 3.05) is 4.90 Å². The molecule has 3 amide bonds. The molecule has 2 aliphatic heterocycles. The number of halogens is 1. The lowest BCUT2D eigenvalue weighted by atomic mass is 9.86. The van der Waals surface area contributed by atoms with Crippen LogP contribution in [0.25, 0.3) is 0 Å². The number of benzene rings is 3. The molecule has 170 valence electrons. The molecule has 2 heterocycles. The summed E-state index contributed by atoms with van der Waals surface area (Å²) in [5.74, 6) is -1.96. The summed E-state index contributed by atoms with van der Waals surface area (Å²) in [5, 5.41) is 11.5. The third-order valence-corrected chi connectivity index (χ3v) is 6.92. The minimum Gasteiger partial charge on any atom is -0.300 e. The number of aryl methyl sites for hydroxylation is 2. The number of nitro benzene ring substituents is 1. The average molecular weight is 520 g/mol. The molecule has 9 heteroatoms. The molecule has 2 unspecified atom stereocenters. The van der Waals surface area contributed by atoms with Gasteiger partial charge in [0.1, 0.15) is 11.6 Å². The summed E-state index contributed by atoms with van der Waals surface area (Å²) in [6.07, 6.45) is 0. The van der Waals surface area contributed by atoms with Crippen LogP contribution in [-0.4, -0.2) is 33.6 Å². The van der Waals surface area contributed by atoms with E-state index in [1.54, 1.807) is 4.90 Å². The fourth-order valence-corrected chi connectivity index (χ4v) is 5.02. The van der Waals surface area contributed by atoms with E-state index in [1.165, 1.54) is 18.2 Å². The number of anilines is 1. The van der Waals surface area contributed by atoms with Crippen molar-refractivity contribution in [3.8, 4) is 0 Å². The van der Waals surface area contributed by atoms with E-state index in [4.69, 9.17) is 0 Å². The molecule has 3 aromatic rings. The fraction of sp³-hybridized carbons (Fsp3) is 0.160. The zero-order chi connectivity index (χ0) is 24.3. The number of fused-ring (bicyclic) bond motifs is 1. The molecule has 0 N–H and O–H groups in total. The molecule has 2 aliphatic rings. The van der Waals surface area contributed by atoms with Crippen molar-refractivity contribution >= 4 is 45.0 Å². The highest BCUT2D eigenvalue weighted by Crippen LogP contribution is 2.45. The van der Waals surface area contributed by atoms with E-state index in [9.17, 15) is 24.5 Å². The van der Waals surface area contributed by atoms with Gasteiger partial charge in [-0.3, -0.25) is 29.4 Å². The van der Waals surface area contributed by atoms with E-state index in [1.807, 2.05) is 56.3 Å². The number of hydrogen-bond donors (Lipinski definition) is 0. The number of rotatable bonds is 4. The number of β-lactam (4-membered cyclic amide) rings is 1. The summed E-state index contributed by atoms with van der Waals surface area (Å²) >= 11 is 3.45. The molecule has 1 fully saturated rings. The van der Waals surface area contributed by atoms with Gasteiger partial charge in [-0.15, -0.1) is 0 Å². The van der Waals surface area contributed by atoms with Gasteiger partial charge in [0.05, 0.1) is 16.5 Å². The molecule has 1 saturated heterocycles. The largest absolute Gasteiger partial charge is 0.300 e. The van der Waals surface area contributed by atoms with Gasteiger partial charge in [-0.1, -0.05) is 40.2 Å². The summed E-state index contributed by atoms with van der Waals surface area (Å²) in [6.45, 7) is 3.91. The minimum absolute atomic E-state index is 0.0652. The predicted octanol–water partition coefficient (Wildman–Crippen LogP) is 4.73. The topological polar surface area (TPSA) is 101 Å². The van der Waals surface area contributed by atoms with Crippen molar-refractivity contribution < 1.29 is 19.3 Å². The molecule has 0 radical (unpaired) electrons. The summed E-state index contributed by atoms with van der Waals surface area (Å²) < 4.78 is 0.779. The number of hydrogen-bond acceptors (Lipinski definition) is 5. The van der Waals surface area contributed by atoms with Gasteiger partial charge in [0, 0.05) is 16.2 Å². The van der Waals surface area contributed by atoms with Gasteiger partial charge in [0.25, 0.3) is 23.4 Å². The summed E-state index contributed by atoms with van der Waals surface area (Å²) in [4.78, 5) is 53.3. The Hall–Kier alpha value is -3.85. The highest BCUT2D eigenvalue weighted by Gasteiger charge is 2.58. The number of imide groups is 1. The molecule has 34 heavy (non-hydrogen) atoms. The Balaban J connectivity index is 1.62. The van der Waals surface area contributed by atoms with E-state index >= 15 is 0 Å². The van der Waals surface area contributed by atoms with Crippen LogP contribution in [0.4, 0.5) is 11.4 Å². The van der Waals surface area contributed by atoms with Crippen molar-refractivity contribution in [3.63, 3.8) is 0 Å². The van der Waals surface area contributed by atoms with E-state index in [2.05, 4.69) is 15.9 Å². The first-order valence-electron chi connectivity index (χ1n) is 10.5. The minimum atomic E-state index is -1.12. The number of nitro groups is 1. The normalized spacial score (nSPS) is 19.3. The fourth-order valence-electron chi connectivity index (χ4n) is 4.60. The molecule has 3 aromatic carbocycles. The molecule has 0 aliphatic carbocycles. The quantitative estimate of drug-likeness (QED) is 0.214. The zero-order valence-electron chi connectivity index (χ0n) is 18.2. The highest BCUT2D eigenvalue weighted by atomic mass is 79.9. The summed E-state index contributed by atoms with van der Waals surface area (Å²) in [5.41, 5.74) is 2.65. The van der Waals surface area contributed by atoms with Crippen molar-refractivity contribution in [2.45, 2.75) is 25.9 Å².